The van der Waals surface area contributed by atoms with E-state index in [0.717, 1.165) is 12.8 Å². The molecule has 2 aliphatic heterocycles. The van der Waals surface area contributed by atoms with Crippen LogP contribution in [0.1, 0.15) is 56.4 Å². The summed E-state index contributed by atoms with van der Waals surface area (Å²) in [4.78, 5) is 84.1. The number of aliphatic carboxylic acids is 1. The molecule has 1 aliphatic carbocycles. The van der Waals surface area contributed by atoms with Crippen molar-refractivity contribution >= 4 is 35.8 Å². The van der Waals surface area contributed by atoms with Crippen LogP contribution in [-0.2, 0) is 28.8 Å². The Balaban J connectivity index is 1.28. The van der Waals surface area contributed by atoms with Crippen LogP contribution in [0.3, 0.4) is 0 Å². The molecule has 2 saturated heterocycles. The molecule has 3 fully saturated rings. The zero-order chi connectivity index (χ0) is 35.1. The number of aromatic nitrogens is 2. The van der Waals surface area contributed by atoms with Crippen molar-refractivity contribution in [2.75, 3.05) is 39.3 Å². The maximum Gasteiger partial charge on any atom is 0.527 e. The fraction of sp³-hybridized carbons (Fsp3) is 0.531. The van der Waals surface area contributed by atoms with Crippen LogP contribution in [-0.4, -0.2) is 129 Å². The number of ether oxygens (including phenoxy) is 2. The lowest BCUT2D eigenvalue weighted by atomic mass is 10.0. The van der Waals surface area contributed by atoms with Crippen molar-refractivity contribution in [2.24, 2.45) is 0 Å². The molecular weight excluding hydrogens is 642 g/mol. The summed E-state index contributed by atoms with van der Waals surface area (Å²) in [6.45, 7) is 4.45. The van der Waals surface area contributed by atoms with E-state index in [1.54, 1.807) is 44.2 Å². The Bertz CT molecular complexity index is 1540. The highest BCUT2D eigenvalue weighted by Gasteiger charge is 2.41. The average Bonchev–Trinajstić information content (AvgIpc) is 3.78. The third-order valence-electron chi connectivity index (χ3n) is 8.35. The molecular formula is C32H41N7O10. The molecule has 3 heterocycles. The molecule has 5 rings (SSSR count). The molecule has 264 valence electrons. The van der Waals surface area contributed by atoms with Crippen molar-refractivity contribution in [1.29, 1.82) is 0 Å². The normalized spacial score (nSPS) is 18.8. The number of benzene rings is 1. The molecule has 3 aliphatic rings. The number of piperazine rings is 1. The molecule has 4 amide bonds. The van der Waals surface area contributed by atoms with E-state index in [0.29, 0.717) is 18.7 Å². The molecule has 3 atom stereocenters. The van der Waals surface area contributed by atoms with Crippen molar-refractivity contribution in [2.45, 2.75) is 70.2 Å². The smallest absolute Gasteiger partial charge is 0.481 e. The average molecular weight is 684 g/mol. The number of likely N-dealkylation sites (tertiary alicyclic amines) is 1. The minimum Gasteiger partial charge on any atom is -0.481 e. The van der Waals surface area contributed by atoms with Gasteiger partial charge in [-0.1, -0.05) is 18.2 Å². The lowest BCUT2D eigenvalue weighted by Gasteiger charge is -2.40. The van der Waals surface area contributed by atoms with Crippen LogP contribution in [0.4, 0.5) is 4.79 Å². The number of hydrogen-bond donors (Lipinski definition) is 3. The summed E-state index contributed by atoms with van der Waals surface area (Å²) in [6.07, 6.45) is -0.0167. The maximum absolute atomic E-state index is 13.6. The second-order valence-corrected chi connectivity index (χ2v) is 12.0. The number of hydrogen-bond acceptors (Lipinski definition) is 11. The van der Waals surface area contributed by atoms with Crippen molar-refractivity contribution in [1.82, 2.24) is 35.3 Å². The van der Waals surface area contributed by atoms with Gasteiger partial charge in [0.2, 0.25) is 17.7 Å². The molecule has 1 saturated carbocycles. The zero-order valence-electron chi connectivity index (χ0n) is 27.4. The van der Waals surface area contributed by atoms with E-state index < -0.39 is 42.1 Å². The van der Waals surface area contributed by atoms with Gasteiger partial charge in [-0.25, -0.2) is 9.48 Å². The lowest BCUT2D eigenvalue weighted by Crippen LogP contribution is -2.61. The van der Waals surface area contributed by atoms with Crippen LogP contribution in [0.25, 0.3) is 5.69 Å². The first kappa shape index (κ1) is 35.1. The summed E-state index contributed by atoms with van der Waals surface area (Å²) in [5, 5.41) is 20.7. The molecule has 2 aromatic rings. The van der Waals surface area contributed by atoms with E-state index in [1.807, 2.05) is 0 Å². The number of carbonyl (C=O) groups excluding carboxylic acids is 5. The Labute approximate surface area is 282 Å². The standard InChI is InChI=1S/C32H41N7O10/c1-3-47-32(46)49-37-17-15-36(16-18-37)31(45)23(11-12-27(40)41)34-28(42)24-19-26(39(35-24)22-7-5-4-6-8-22)48-20(2)30(44)38-14-13-25(38)29(43)33-21-9-10-21/h4-8,19-21,23,25H,3,9-18H2,1-2H3,(H,33,43)(H,34,42)(H,40,41)/t20-,23?,25-/m0/s1. The Morgan fingerprint density at radius 2 is 1.69 bits per heavy atom. The molecule has 3 N–H and O–H groups in total. The first-order chi connectivity index (χ1) is 23.5. The van der Waals surface area contributed by atoms with Crippen LogP contribution in [0, 0.1) is 0 Å². The van der Waals surface area contributed by atoms with E-state index in [9.17, 15) is 33.9 Å². The number of carboxylic acid groups (broad SMARTS) is 1. The van der Waals surface area contributed by atoms with Gasteiger partial charge in [-0.15, -0.1) is 5.06 Å². The number of nitrogens with one attached hydrogen (secondary N) is 2. The van der Waals surface area contributed by atoms with Crippen LogP contribution < -0.4 is 15.4 Å². The quantitative estimate of drug-likeness (QED) is 0.236. The number of amides is 4. The van der Waals surface area contributed by atoms with Gasteiger partial charge in [-0.3, -0.25) is 24.0 Å². The van der Waals surface area contributed by atoms with Crippen molar-refractivity contribution in [3.05, 3.63) is 42.1 Å². The number of para-hydroxylation sites is 1. The Kier molecular flexibility index (Phi) is 11.3. The van der Waals surface area contributed by atoms with Gasteiger partial charge in [-0.05, 0) is 51.7 Å². The van der Waals surface area contributed by atoms with Crippen LogP contribution >= 0.6 is 0 Å². The monoisotopic (exact) mass is 683 g/mol. The first-order valence-corrected chi connectivity index (χ1v) is 16.4. The summed E-state index contributed by atoms with van der Waals surface area (Å²) in [5.41, 5.74) is 0.396. The SMILES string of the molecule is CCOC(=O)ON1CCN(C(=O)C(CCC(=O)O)NC(=O)c2cc(O[C@@H](C)C(=O)N3CC[C@H]3C(=O)NC3CC3)n(-c3ccccc3)n2)CC1. The van der Waals surface area contributed by atoms with Gasteiger partial charge in [0.25, 0.3) is 11.8 Å². The van der Waals surface area contributed by atoms with Crippen LogP contribution in [0.2, 0.25) is 0 Å². The Morgan fingerprint density at radius 3 is 2.31 bits per heavy atom. The highest BCUT2D eigenvalue weighted by atomic mass is 16.8. The molecule has 17 heteroatoms. The fourth-order valence-electron chi connectivity index (χ4n) is 5.45. The Hall–Kier alpha value is -5.19. The van der Waals surface area contributed by atoms with Gasteiger partial charge >= 0.3 is 12.1 Å². The number of carboxylic acids is 1. The van der Waals surface area contributed by atoms with E-state index in [2.05, 4.69) is 15.7 Å². The predicted molar refractivity (Wildman–Crippen MR) is 169 cm³/mol. The number of hydroxylamine groups is 2. The zero-order valence-corrected chi connectivity index (χ0v) is 27.4. The fourth-order valence-corrected chi connectivity index (χ4v) is 5.45. The molecule has 17 nitrogen and oxygen atoms in total. The topological polar surface area (TPSA) is 202 Å². The molecule has 1 aromatic heterocycles. The third kappa shape index (κ3) is 9.04. The summed E-state index contributed by atoms with van der Waals surface area (Å²) in [5.74, 6) is -2.90. The van der Waals surface area contributed by atoms with Gasteiger partial charge in [0.05, 0.1) is 25.4 Å². The molecule has 1 aromatic carbocycles. The highest BCUT2D eigenvalue weighted by Crippen LogP contribution is 2.26. The maximum atomic E-state index is 13.6. The second kappa shape index (κ2) is 15.8. The summed E-state index contributed by atoms with van der Waals surface area (Å²) < 4.78 is 12.2. The van der Waals surface area contributed by atoms with E-state index in [1.165, 1.54) is 25.6 Å². The van der Waals surface area contributed by atoms with Crippen molar-refractivity contribution in [3.8, 4) is 11.6 Å². The second-order valence-electron chi connectivity index (χ2n) is 12.0. The van der Waals surface area contributed by atoms with E-state index in [-0.39, 0.29) is 75.1 Å². The minimum atomic E-state index is -1.20. The molecule has 49 heavy (non-hydrogen) atoms. The van der Waals surface area contributed by atoms with Crippen molar-refractivity contribution in [3.63, 3.8) is 0 Å². The first-order valence-electron chi connectivity index (χ1n) is 16.4. The lowest BCUT2D eigenvalue weighted by molar-refractivity contribution is -0.157. The molecule has 1 unspecified atom stereocenters. The number of carbonyl (C=O) groups is 6. The summed E-state index contributed by atoms with van der Waals surface area (Å²) >= 11 is 0. The summed E-state index contributed by atoms with van der Waals surface area (Å²) in [7, 11) is 0. The third-order valence-corrected chi connectivity index (χ3v) is 8.35. The van der Waals surface area contributed by atoms with Gasteiger partial charge in [0.15, 0.2) is 11.8 Å². The minimum absolute atomic E-state index is 0.0721. The van der Waals surface area contributed by atoms with Crippen LogP contribution in [0.5, 0.6) is 5.88 Å². The van der Waals surface area contributed by atoms with E-state index >= 15 is 0 Å². The van der Waals surface area contributed by atoms with Gasteiger partial charge in [0, 0.05) is 38.2 Å². The van der Waals surface area contributed by atoms with Gasteiger partial charge in [0.1, 0.15) is 12.1 Å². The van der Waals surface area contributed by atoms with Gasteiger partial charge < -0.3 is 39.9 Å². The number of rotatable bonds is 14. The largest absolute Gasteiger partial charge is 0.527 e. The number of nitrogens with zero attached hydrogens (tertiary/aromatic N) is 5. The summed E-state index contributed by atoms with van der Waals surface area (Å²) in [6, 6.07) is 8.52. The van der Waals surface area contributed by atoms with E-state index in [4.69, 9.17) is 14.3 Å². The molecule has 0 spiro atoms. The molecule has 0 radical (unpaired) electrons. The van der Waals surface area contributed by atoms with Crippen molar-refractivity contribution < 1.29 is 48.2 Å². The Morgan fingerprint density at radius 1 is 0.980 bits per heavy atom. The predicted octanol–water partition coefficient (Wildman–Crippen LogP) is 0.715. The van der Waals surface area contributed by atoms with Crippen LogP contribution in [0.15, 0.2) is 36.4 Å². The highest BCUT2D eigenvalue weighted by molar-refractivity contribution is 5.96. The van der Waals surface area contributed by atoms with Gasteiger partial charge in [-0.2, -0.15) is 5.10 Å². The molecule has 0 bridgehead atoms.